The summed E-state index contributed by atoms with van der Waals surface area (Å²) in [6.45, 7) is -7.02. The van der Waals surface area contributed by atoms with Gasteiger partial charge in [0.15, 0.2) is 0 Å². The Morgan fingerprint density at radius 2 is 0.813 bits per heavy atom. The lowest BCUT2D eigenvalue weighted by molar-refractivity contribution is -0.152. The molecule has 0 aliphatic carbocycles. The fourth-order valence-corrected chi connectivity index (χ4v) is 12.3. The van der Waals surface area contributed by atoms with Gasteiger partial charge < -0.3 is 101 Å². The molecule has 0 saturated carbocycles. The number of hydrogen-bond donors (Lipinski definition) is 14. The van der Waals surface area contributed by atoms with Crippen LogP contribution in [0.15, 0.2) is 0 Å². The number of ether oxygens (including phenoxy) is 6. The Morgan fingerprint density at radius 1 is 0.458 bits per heavy atom. The standard InChI is InChI=1S/C63H105N8O34PS/c1-98-27-28-99-29-30-100-31-32-105-106(96,97)104-23-10-2-3-11-33-107-47-34-52(76)71(59(47)89)22-15-51(75)67-63(41-101-24-16-48(72)64-19-7-4-12-44(60(90)91)68(35-53(77)78)36-54(79)80,42-102-25-17-49(73)65-20-8-5-13-45(61(92)93)69(37-55(81)82)38-56(83)84)43-103-26-18-50(74)66-21-9-6-14-46(62(94)95)70(39-57(85)86)40-58(87)88/h44-47H,2-43H2,1H3,(H,64,72)(H,65,73)(H,66,74)(H,67,75)(H,77,78)(H,79,80)(H,81,82)(H,83,84)(H,85,86)(H,87,88)(H,90,91)(H,92,93)(H,94,95)(H,96,97). The van der Waals surface area contributed by atoms with E-state index in [-0.39, 0.29) is 149 Å². The fourth-order valence-electron chi connectivity index (χ4n) is 10.4. The summed E-state index contributed by atoms with van der Waals surface area (Å²) in [4.78, 5) is 197. The molecule has 6 amide bonds. The van der Waals surface area contributed by atoms with Crippen molar-refractivity contribution in [3.05, 3.63) is 0 Å². The molecule has 1 aliphatic heterocycles. The molecule has 14 N–H and O–H groups in total. The van der Waals surface area contributed by atoms with Crippen molar-refractivity contribution in [3.8, 4) is 0 Å². The van der Waals surface area contributed by atoms with Crippen LogP contribution in [-0.2, 0) is 114 Å². The number of carboxylic acids is 9. The number of carbonyl (C=O) groups excluding carboxylic acids is 6. The first-order valence-corrected chi connectivity index (χ1v) is 37.0. The van der Waals surface area contributed by atoms with Crippen molar-refractivity contribution < 1.29 is 165 Å². The van der Waals surface area contributed by atoms with Gasteiger partial charge in [-0.05, 0) is 76.4 Å². The zero-order chi connectivity index (χ0) is 80.2. The molecule has 0 aromatic carbocycles. The molecule has 5 atom stereocenters. The van der Waals surface area contributed by atoms with Crippen LogP contribution < -0.4 is 21.3 Å². The number of unbranched alkanes of at least 4 members (excludes halogenated alkanes) is 6. The minimum Gasteiger partial charge on any atom is -0.480 e. The molecule has 5 unspecified atom stereocenters. The summed E-state index contributed by atoms with van der Waals surface area (Å²) in [5.74, 6) is -16.2. The minimum atomic E-state index is -4.33. The van der Waals surface area contributed by atoms with E-state index in [1.165, 1.54) is 11.8 Å². The van der Waals surface area contributed by atoms with Crippen LogP contribution in [0.5, 0.6) is 0 Å². The number of aliphatic carboxylic acids is 9. The van der Waals surface area contributed by atoms with Gasteiger partial charge in [0.05, 0.1) is 130 Å². The number of carbonyl (C=O) groups is 15. The largest absolute Gasteiger partial charge is 0.480 e. The topological polar surface area (TPSA) is 610 Å². The number of carboxylic acid groups (broad SMARTS) is 9. The number of phosphoric ester groups is 1. The summed E-state index contributed by atoms with van der Waals surface area (Å²) in [6.07, 6.45) is 1.000. The highest BCUT2D eigenvalue weighted by molar-refractivity contribution is 8.00. The quantitative estimate of drug-likeness (QED) is 0.0184. The van der Waals surface area contributed by atoms with Crippen LogP contribution in [-0.4, -0.2) is 353 Å². The molecule has 107 heavy (non-hydrogen) atoms. The molecule has 44 heteroatoms. The second-order valence-electron chi connectivity index (χ2n) is 24.4. The number of thioether (sulfide) groups is 1. The number of rotatable bonds is 71. The Morgan fingerprint density at radius 3 is 1.18 bits per heavy atom. The first kappa shape index (κ1) is 97.4. The van der Waals surface area contributed by atoms with Gasteiger partial charge in [0.2, 0.25) is 35.4 Å². The van der Waals surface area contributed by atoms with Gasteiger partial charge in [0.25, 0.3) is 0 Å². The number of phosphoric acid groups is 1. The van der Waals surface area contributed by atoms with Crippen LogP contribution in [0.4, 0.5) is 0 Å². The van der Waals surface area contributed by atoms with E-state index in [2.05, 4.69) is 21.3 Å². The highest BCUT2D eigenvalue weighted by Gasteiger charge is 2.40. The maximum absolute atomic E-state index is 14.1. The average molecular weight is 1580 g/mol. The Hall–Kier alpha value is -7.65. The predicted molar refractivity (Wildman–Crippen MR) is 368 cm³/mol. The molecule has 1 aliphatic rings. The third-order valence-electron chi connectivity index (χ3n) is 15.5. The summed E-state index contributed by atoms with van der Waals surface area (Å²) in [6, 6.07) is -4.41. The number of nitrogens with one attached hydrogen (secondary N) is 4. The Labute approximate surface area is 621 Å². The molecule has 1 fully saturated rings. The summed E-state index contributed by atoms with van der Waals surface area (Å²) in [5, 5.41) is 94.4. The Bertz CT molecular complexity index is 2620. The zero-order valence-corrected chi connectivity index (χ0v) is 61.6. The molecule has 1 saturated heterocycles. The van der Waals surface area contributed by atoms with E-state index in [4.69, 9.17) is 37.5 Å². The highest BCUT2D eigenvalue weighted by Crippen LogP contribution is 2.43. The van der Waals surface area contributed by atoms with Gasteiger partial charge in [-0.15, -0.1) is 11.8 Å². The number of methoxy groups -OCH3 is 1. The first-order chi connectivity index (χ1) is 50.7. The number of likely N-dealkylation sites (tertiary alicyclic amines) is 1. The van der Waals surface area contributed by atoms with Crippen LogP contribution in [0.3, 0.4) is 0 Å². The SMILES string of the molecule is COCCOCCOCCOP(=O)(O)OCCCCCCSC1CC(=O)N(CCC(=O)NC(COCCC(=O)NCCCCC(C(=O)O)N(CC(=O)O)CC(=O)O)(COCCC(=O)NCCCCC(C(=O)O)N(CC(=O)O)CC(=O)O)COCCC(=O)NCCCCC(C(=O)O)N(CC(=O)O)CC(=O)O)C1=O. The third kappa shape index (κ3) is 47.7. The molecule has 1 heterocycles. The van der Waals surface area contributed by atoms with Gasteiger partial charge >= 0.3 is 61.5 Å². The summed E-state index contributed by atoms with van der Waals surface area (Å²) >= 11 is 1.24. The van der Waals surface area contributed by atoms with Gasteiger partial charge in [-0.3, -0.25) is 101 Å². The fraction of sp³-hybridized carbons (Fsp3) is 0.762. The van der Waals surface area contributed by atoms with Crippen LogP contribution >= 0.6 is 19.6 Å². The van der Waals surface area contributed by atoms with E-state index in [0.29, 0.717) is 51.3 Å². The lowest BCUT2D eigenvalue weighted by Gasteiger charge is -2.34. The molecule has 0 bridgehead atoms. The molecule has 612 valence electrons. The van der Waals surface area contributed by atoms with Gasteiger partial charge in [-0.2, -0.15) is 0 Å². The maximum Gasteiger partial charge on any atom is 0.472 e. The van der Waals surface area contributed by atoms with Crippen LogP contribution in [0.25, 0.3) is 0 Å². The van der Waals surface area contributed by atoms with Crippen molar-refractivity contribution in [2.45, 2.75) is 144 Å². The summed E-state index contributed by atoms with van der Waals surface area (Å²) in [5.41, 5.74) is -1.76. The molecule has 0 spiro atoms. The van der Waals surface area contributed by atoms with E-state index in [0.717, 1.165) is 19.6 Å². The van der Waals surface area contributed by atoms with Crippen molar-refractivity contribution in [2.75, 3.05) is 164 Å². The maximum atomic E-state index is 14.1. The Kier molecular flexibility index (Phi) is 51.5. The number of amides is 6. The van der Waals surface area contributed by atoms with Crippen molar-refractivity contribution in [1.29, 1.82) is 0 Å². The summed E-state index contributed by atoms with van der Waals surface area (Å²) in [7, 11) is -2.78. The molecular weight excluding hydrogens is 1480 g/mol. The normalized spacial score (nSPS) is 14.9. The second-order valence-corrected chi connectivity index (χ2v) is 27.1. The summed E-state index contributed by atoms with van der Waals surface area (Å²) < 4.78 is 55.5. The second kappa shape index (κ2) is 56.6. The molecule has 42 nitrogen and oxygen atoms in total. The highest BCUT2D eigenvalue weighted by atomic mass is 32.2. The minimum absolute atomic E-state index is 0.00715. The number of hydrogen-bond acceptors (Lipinski definition) is 28. The molecule has 0 radical (unpaired) electrons. The van der Waals surface area contributed by atoms with E-state index < -0.39 is 198 Å². The van der Waals surface area contributed by atoms with Crippen LogP contribution in [0, 0.1) is 0 Å². The predicted octanol–water partition coefficient (Wildman–Crippen LogP) is -1.68. The lowest BCUT2D eigenvalue weighted by atomic mass is 10.0. The van der Waals surface area contributed by atoms with Crippen molar-refractivity contribution in [2.24, 2.45) is 0 Å². The average Bonchev–Trinajstić information content (AvgIpc) is 1.72. The van der Waals surface area contributed by atoms with E-state index >= 15 is 0 Å². The Balaban J connectivity index is 3.29. The van der Waals surface area contributed by atoms with E-state index in [9.17, 15) is 127 Å². The van der Waals surface area contributed by atoms with E-state index in [1.54, 1.807) is 7.11 Å². The van der Waals surface area contributed by atoms with Crippen molar-refractivity contribution in [3.63, 3.8) is 0 Å². The lowest BCUT2D eigenvalue weighted by Crippen LogP contribution is -2.59. The molecular formula is C63H105N8O34PS. The van der Waals surface area contributed by atoms with Gasteiger partial charge in [-0.1, -0.05) is 12.8 Å². The third-order valence-corrected chi connectivity index (χ3v) is 17.8. The monoisotopic (exact) mass is 1580 g/mol. The first-order valence-electron chi connectivity index (χ1n) is 34.5. The molecule has 0 aromatic rings. The van der Waals surface area contributed by atoms with Crippen LogP contribution in [0.1, 0.15) is 116 Å². The van der Waals surface area contributed by atoms with Crippen LogP contribution in [0.2, 0.25) is 0 Å². The van der Waals surface area contributed by atoms with E-state index in [1.807, 2.05) is 0 Å². The van der Waals surface area contributed by atoms with Crippen molar-refractivity contribution in [1.82, 2.24) is 40.9 Å². The van der Waals surface area contributed by atoms with Gasteiger partial charge in [0.1, 0.15) is 23.7 Å². The molecule has 1 rings (SSSR count). The van der Waals surface area contributed by atoms with Gasteiger partial charge in [0, 0.05) is 65.4 Å². The van der Waals surface area contributed by atoms with Gasteiger partial charge in [-0.25, -0.2) is 4.57 Å². The van der Waals surface area contributed by atoms with Crippen molar-refractivity contribution >= 4 is 109 Å². The number of nitrogens with zero attached hydrogens (tertiary/aromatic N) is 4. The number of imide groups is 1. The molecule has 0 aromatic heterocycles. The smallest absolute Gasteiger partial charge is 0.472 e. The zero-order valence-electron chi connectivity index (χ0n) is 59.9.